The number of esters is 1. The average Bonchev–Trinajstić information content (AvgIpc) is 3.58. The van der Waals surface area contributed by atoms with Crippen LogP contribution in [0.3, 0.4) is 0 Å². The zero-order valence-corrected chi connectivity index (χ0v) is 17.8. The molecule has 2 spiro atoms. The van der Waals surface area contributed by atoms with Gasteiger partial charge in [-0.05, 0) is 86.4 Å². The first-order chi connectivity index (χ1) is 13.8. The third-order valence-corrected chi connectivity index (χ3v) is 12.0. The number of ketones is 1. The molecule has 1 heterocycles. The van der Waals surface area contributed by atoms with E-state index in [1.165, 1.54) is 25.7 Å². The highest BCUT2D eigenvalue weighted by Gasteiger charge is 2.81. The van der Waals surface area contributed by atoms with Crippen molar-refractivity contribution >= 4 is 11.8 Å². The van der Waals surface area contributed by atoms with E-state index in [9.17, 15) is 9.59 Å². The van der Waals surface area contributed by atoms with Crippen molar-refractivity contribution in [1.82, 2.24) is 0 Å². The normalized spacial score (nSPS) is 59.7. The van der Waals surface area contributed by atoms with E-state index >= 15 is 0 Å². The van der Waals surface area contributed by atoms with Gasteiger partial charge < -0.3 is 4.74 Å². The van der Waals surface area contributed by atoms with Crippen molar-refractivity contribution in [2.45, 2.75) is 83.7 Å². The summed E-state index contributed by atoms with van der Waals surface area (Å²) in [4.78, 5) is 25.1. The molecule has 7 fully saturated rings. The Bertz CT molecular complexity index is 942. The fraction of sp³-hybridized carbons (Fsp3) is 0.846. The van der Waals surface area contributed by atoms with Crippen LogP contribution in [-0.2, 0) is 14.3 Å². The molecule has 8 aliphatic rings. The molecule has 154 valence electrons. The number of ether oxygens (including phenoxy) is 1. The molecule has 0 bridgehead atoms. The van der Waals surface area contributed by atoms with Crippen molar-refractivity contribution in [3.63, 3.8) is 0 Å². The monoisotopic (exact) mass is 392 g/mol. The molecule has 3 nitrogen and oxygen atoms in total. The van der Waals surface area contributed by atoms with E-state index in [4.69, 9.17) is 4.74 Å². The predicted octanol–water partition coefficient (Wildman–Crippen LogP) is 4.84. The molecule has 0 radical (unpaired) electrons. The minimum absolute atomic E-state index is 0.0611. The van der Waals surface area contributed by atoms with E-state index in [0.717, 1.165) is 61.7 Å². The Morgan fingerprint density at radius 2 is 1.86 bits per heavy atom. The first-order valence-electron chi connectivity index (χ1n) is 12.3. The summed E-state index contributed by atoms with van der Waals surface area (Å²) in [5.74, 6) is 5.11. The van der Waals surface area contributed by atoms with Gasteiger partial charge in [-0.25, -0.2) is 0 Å². The number of carbonyl (C=O) groups excluding carboxylic acids is 2. The Morgan fingerprint density at radius 3 is 2.59 bits per heavy atom. The molecule has 8 rings (SSSR count). The molecular formula is C26H32O3. The summed E-state index contributed by atoms with van der Waals surface area (Å²) in [5, 5.41) is 0. The predicted molar refractivity (Wildman–Crippen MR) is 107 cm³/mol. The van der Waals surface area contributed by atoms with E-state index < -0.39 is 0 Å². The Kier molecular flexibility index (Phi) is 2.52. The van der Waals surface area contributed by atoms with Crippen LogP contribution in [0, 0.1) is 51.8 Å². The lowest BCUT2D eigenvalue weighted by Crippen LogP contribution is -2.57. The van der Waals surface area contributed by atoms with Crippen LogP contribution >= 0.6 is 0 Å². The minimum Gasteiger partial charge on any atom is -0.458 e. The van der Waals surface area contributed by atoms with Crippen LogP contribution in [0.15, 0.2) is 11.1 Å². The molecule has 5 unspecified atom stereocenters. The Balaban J connectivity index is 1.25. The Morgan fingerprint density at radius 1 is 1.03 bits per heavy atom. The summed E-state index contributed by atoms with van der Waals surface area (Å²) in [6, 6.07) is 0. The average molecular weight is 393 g/mol. The third-order valence-electron chi connectivity index (χ3n) is 12.0. The summed E-state index contributed by atoms with van der Waals surface area (Å²) < 4.78 is 6.26. The van der Waals surface area contributed by atoms with E-state index in [-0.39, 0.29) is 27.8 Å². The second-order valence-electron chi connectivity index (χ2n) is 12.8. The zero-order valence-electron chi connectivity index (χ0n) is 17.8. The molecule has 6 saturated carbocycles. The minimum atomic E-state index is -0.134. The van der Waals surface area contributed by atoms with Crippen molar-refractivity contribution in [1.29, 1.82) is 0 Å². The maximum absolute atomic E-state index is 12.9. The van der Waals surface area contributed by atoms with Gasteiger partial charge in [0.15, 0.2) is 0 Å². The van der Waals surface area contributed by atoms with Gasteiger partial charge in [-0.15, -0.1) is 0 Å². The highest BCUT2D eigenvalue weighted by molar-refractivity contribution is 5.91. The van der Waals surface area contributed by atoms with Gasteiger partial charge in [0.1, 0.15) is 11.4 Å². The number of carbonyl (C=O) groups is 2. The number of allylic oxidation sites excluding steroid dienone is 2. The number of fused-ring (bicyclic) bond motifs is 11. The topological polar surface area (TPSA) is 43.4 Å². The fourth-order valence-corrected chi connectivity index (χ4v) is 10.6. The quantitative estimate of drug-likeness (QED) is 0.438. The van der Waals surface area contributed by atoms with Crippen LogP contribution in [-0.4, -0.2) is 17.4 Å². The maximum atomic E-state index is 12.9. The van der Waals surface area contributed by atoms with Gasteiger partial charge in [0.05, 0.1) is 0 Å². The van der Waals surface area contributed by atoms with Gasteiger partial charge in [-0.1, -0.05) is 25.0 Å². The summed E-state index contributed by atoms with van der Waals surface area (Å²) in [6.07, 6.45) is 10.9. The highest BCUT2D eigenvalue weighted by Crippen LogP contribution is 2.82. The van der Waals surface area contributed by atoms with E-state index in [1.54, 1.807) is 11.1 Å². The number of Topliss-reactive ketones (excluding diaryl/α,β-unsaturated/α-hetero) is 1. The molecule has 1 aliphatic heterocycles. The van der Waals surface area contributed by atoms with Crippen molar-refractivity contribution in [3.05, 3.63) is 11.1 Å². The van der Waals surface area contributed by atoms with Gasteiger partial charge in [0, 0.05) is 29.6 Å². The summed E-state index contributed by atoms with van der Waals surface area (Å²) in [5.41, 5.74) is 3.68. The lowest BCUT2D eigenvalue weighted by Gasteiger charge is -2.60. The lowest BCUT2D eigenvalue weighted by molar-refractivity contribution is -0.176. The molecule has 1 saturated heterocycles. The number of hydrogen-bond donors (Lipinski definition) is 0. The Labute approximate surface area is 173 Å². The second kappa shape index (κ2) is 4.41. The largest absolute Gasteiger partial charge is 0.458 e. The molecule has 29 heavy (non-hydrogen) atoms. The summed E-state index contributed by atoms with van der Waals surface area (Å²) in [6.45, 7) is 5.07. The van der Waals surface area contributed by atoms with Crippen molar-refractivity contribution < 1.29 is 14.3 Å². The SMILES string of the molecule is C[C@]12CC3(CC3)C(=O)CC1=C1CC1C1C2CC[C@@]2(C)C1[C@H]1CC1[C@@]21CCC(=O)O1. The third kappa shape index (κ3) is 1.60. The Hall–Kier alpha value is -1.12. The highest BCUT2D eigenvalue weighted by atomic mass is 16.6. The van der Waals surface area contributed by atoms with Crippen LogP contribution < -0.4 is 0 Å². The molecule has 0 aromatic heterocycles. The van der Waals surface area contributed by atoms with Crippen molar-refractivity contribution in [3.8, 4) is 0 Å². The van der Waals surface area contributed by atoms with Gasteiger partial charge in [0.2, 0.25) is 0 Å². The van der Waals surface area contributed by atoms with E-state index in [2.05, 4.69) is 13.8 Å². The standard InChI is InChI=1S/C26H32O3/c1-23-12-25(7-8-25)19(27)11-17(23)13-9-14(13)21-16(23)3-5-24(2)22(21)15-10-18(15)26(24)6-4-20(28)29-26/h14-16,18,21-22H,3-12H2,1-2H3/t14?,15-,16?,18?,21?,22?,23+,24-,26-/m0/s1. The lowest BCUT2D eigenvalue weighted by atomic mass is 9.44. The first-order valence-corrected chi connectivity index (χ1v) is 12.3. The van der Waals surface area contributed by atoms with Crippen LogP contribution in [0.2, 0.25) is 0 Å². The van der Waals surface area contributed by atoms with Crippen LogP contribution in [0.25, 0.3) is 0 Å². The van der Waals surface area contributed by atoms with Crippen molar-refractivity contribution in [2.75, 3.05) is 0 Å². The molecule has 9 atom stereocenters. The van der Waals surface area contributed by atoms with E-state index in [0.29, 0.717) is 18.1 Å². The summed E-state index contributed by atoms with van der Waals surface area (Å²) >= 11 is 0. The molecule has 0 aromatic rings. The molecule has 7 aliphatic carbocycles. The van der Waals surface area contributed by atoms with Gasteiger partial charge in [-0.3, -0.25) is 9.59 Å². The number of rotatable bonds is 0. The van der Waals surface area contributed by atoms with Gasteiger partial charge in [-0.2, -0.15) is 0 Å². The first kappa shape index (κ1) is 16.6. The smallest absolute Gasteiger partial charge is 0.306 e. The maximum Gasteiger partial charge on any atom is 0.306 e. The second-order valence-corrected chi connectivity index (χ2v) is 12.8. The summed E-state index contributed by atoms with van der Waals surface area (Å²) in [7, 11) is 0. The fourth-order valence-electron chi connectivity index (χ4n) is 10.6. The molecular weight excluding hydrogens is 360 g/mol. The molecule has 0 amide bonds. The van der Waals surface area contributed by atoms with Gasteiger partial charge >= 0.3 is 5.97 Å². The van der Waals surface area contributed by atoms with Gasteiger partial charge in [0.25, 0.3) is 0 Å². The molecule has 0 N–H and O–H groups in total. The van der Waals surface area contributed by atoms with Crippen LogP contribution in [0.1, 0.15) is 78.1 Å². The van der Waals surface area contributed by atoms with Crippen LogP contribution in [0.5, 0.6) is 0 Å². The molecule has 0 aromatic carbocycles. The molecule has 3 heteroatoms. The number of hydrogen-bond acceptors (Lipinski definition) is 3. The van der Waals surface area contributed by atoms with Crippen molar-refractivity contribution in [2.24, 2.45) is 51.8 Å². The van der Waals surface area contributed by atoms with Crippen LogP contribution in [0.4, 0.5) is 0 Å². The van der Waals surface area contributed by atoms with E-state index in [1.807, 2.05) is 0 Å². The zero-order chi connectivity index (χ0) is 19.6.